The predicted molar refractivity (Wildman–Crippen MR) is 62.2 cm³/mol. The fraction of sp³-hybridized carbons (Fsp3) is 0.889. The number of rotatable bonds is 0. The molecule has 82 valence electrons. The highest BCUT2D eigenvalue weighted by molar-refractivity contribution is 8.93. The van der Waals surface area contributed by atoms with Gasteiger partial charge >= 0.3 is 0 Å². The smallest absolute Gasteiger partial charge is 0.194 e. The molecule has 0 aromatic carbocycles. The molecule has 1 N–H and O–H groups in total. The van der Waals surface area contributed by atoms with Gasteiger partial charge in [0.15, 0.2) is 5.96 Å². The first kappa shape index (κ1) is 11.8. The Balaban J connectivity index is 0.000000980. The van der Waals surface area contributed by atoms with Gasteiger partial charge in [0.05, 0.1) is 18.8 Å². The zero-order valence-electron chi connectivity index (χ0n) is 8.69. The van der Waals surface area contributed by atoms with Gasteiger partial charge in [0.25, 0.3) is 0 Å². The second kappa shape index (κ2) is 4.98. The van der Waals surface area contributed by atoms with E-state index in [-0.39, 0.29) is 17.0 Å². The molecular weight excluding hydrogens is 246 g/mol. The minimum atomic E-state index is 0. The molecule has 1 saturated heterocycles. The van der Waals surface area contributed by atoms with Gasteiger partial charge in [-0.25, -0.2) is 0 Å². The highest BCUT2D eigenvalue weighted by Crippen LogP contribution is 2.11. The van der Waals surface area contributed by atoms with Crippen LogP contribution in [0.2, 0.25) is 0 Å². The number of nitrogens with one attached hydrogen (secondary N) is 1. The Hall–Kier alpha value is -0.290. The Morgan fingerprint density at radius 2 is 2.00 bits per heavy atom. The third kappa shape index (κ3) is 2.60. The average molecular weight is 264 g/mol. The zero-order chi connectivity index (χ0) is 9.26. The molecule has 2 heterocycles. The minimum absolute atomic E-state index is 0. The van der Waals surface area contributed by atoms with Gasteiger partial charge in [-0.1, -0.05) is 0 Å². The molecule has 5 heteroatoms. The van der Waals surface area contributed by atoms with Crippen LogP contribution < -0.4 is 5.32 Å². The summed E-state index contributed by atoms with van der Waals surface area (Å²) in [4.78, 5) is 6.69. The molecule has 14 heavy (non-hydrogen) atoms. The van der Waals surface area contributed by atoms with Gasteiger partial charge in [0.2, 0.25) is 0 Å². The van der Waals surface area contributed by atoms with Crippen molar-refractivity contribution in [2.24, 2.45) is 4.99 Å². The number of hydrogen-bond donors (Lipinski definition) is 1. The largest absolute Gasteiger partial charge is 0.372 e. The summed E-state index contributed by atoms with van der Waals surface area (Å²) in [5.41, 5.74) is 0. The van der Waals surface area contributed by atoms with Crippen molar-refractivity contribution >= 4 is 22.9 Å². The van der Waals surface area contributed by atoms with E-state index in [1.165, 1.54) is 0 Å². The summed E-state index contributed by atoms with van der Waals surface area (Å²) < 4.78 is 5.65. The van der Waals surface area contributed by atoms with Crippen LogP contribution in [-0.2, 0) is 4.74 Å². The number of morpholine rings is 1. The van der Waals surface area contributed by atoms with Crippen molar-refractivity contribution in [2.45, 2.75) is 26.1 Å². The van der Waals surface area contributed by atoms with Gasteiger partial charge in [-0.05, 0) is 13.8 Å². The first-order chi connectivity index (χ1) is 6.25. The number of aliphatic imine (C=N–C) groups is 1. The fourth-order valence-corrected chi connectivity index (χ4v) is 1.95. The average Bonchev–Trinajstić information content (AvgIpc) is 2.53. The first-order valence-electron chi connectivity index (χ1n) is 4.94. The number of hydrogen-bond acceptors (Lipinski definition) is 4. The minimum Gasteiger partial charge on any atom is -0.372 e. The van der Waals surface area contributed by atoms with E-state index in [1.54, 1.807) is 0 Å². The second-order valence-electron chi connectivity index (χ2n) is 3.79. The lowest BCUT2D eigenvalue weighted by Gasteiger charge is -2.36. The second-order valence-corrected chi connectivity index (χ2v) is 3.79. The molecular formula is C9H18BrN3O. The predicted octanol–water partition coefficient (Wildman–Crippen LogP) is 0.633. The van der Waals surface area contributed by atoms with Crippen LogP contribution in [0, 0.1) is 0 Å². The molecule has 0 aromatic rings. The summed E-state index contributed by atoms with van der Waals surface area (Å²) in [7, 11) is 0. The van der Waals surface area contributed by atoms with Gasteiger partial charge in [-0.15, -0.1) is 17.0 Å². The van der Waals surface area contributed by atoms with Crippen LogP contribution in [-0.4, -0.2) is 49.2 Å². The lowest BCUT2D eigenvalue weighted by molar-refractivity contribution is -0.0487. The van der Waals surface area contributed by atoms with E-state index in [1.807, 2.05) is 0 Å². The van der Waals surface area contributed by atoms with Crippen LogP contribution in [0.1, 0.15) is 13.8 Å². The van der Waals surface area contributed by atoms with Crippen LogP contribution in [0.15, 0.2) is 4.99 Å². The van der Waals surface area contributed by atoms with Gasteiger partial charge in [-0.3, -0.25) is 4.99 Å². The van der Waals surface area contributed by atoms with Crippen molar-refractivity contribution in [2.75, 3.05) is 26.2 Å². The SMILES string of the molecule is Br.CC1CN(C2=NCCN2)CC(C)O1. The quantitative estimate of drug-likeness (QED) is 0.697. The summed E-state index contributed by atoms with van der Waals surface area (Å²) >= 11 is 0. The number of guanidine groups is 1. The molecule has 2 unspecified atom stereocenters. The van der Waals surface area contributed by atoms with E-state index in [4.69, 9.17) is 4.74 Å². The van der Waals surface area contributed by atoms with Gasteiger partial charge in [-0.2, -0.15) is 0 Å². The summed E-state index contributed by atoms with van der Waals surface area (Å²) in [6.45, 7) is 8.02. The Bertz CT molecular complexity index is 212. The van der Waals surface area contributed by atoms with E-state index in [0.717, 1.165) is 32.1 Å². The maximum atomic E-state index is 5.65. The third-order valence-corrected chi connectivity index (χ3v) is 2.38. The Kier molecular flexibility index (Phi) is 4.19. The van der Waals surface area contributed by atoms with Crippen molar-refractivity contribution in [3.8, 4) is 0 Å². The van der Waals surface area contributed by atoms with Crippen molar-refractivity contribution in [1.82, 2.24) is 10.2 Å². The number of halogens is 1. The normalized spacial score (nSPS) is 31.9. The third-order valence-electron chi connectivity index (χ3n) is 2.38. The van der Waals surface area contributed by atoms with Gasteiger partial charge < -0.3 is 15.0 Å². The molecule has 0 saturated carbocycles. The number of ether oxygens (including phenoxy) is 1. The van der Waals surface area contributed by atoms with E-state index in [0.29, 0.717) is 12.2 Å². The molecule has 4 nitrogen and oxygen atoms in total. The Morgan fingerprint density at radius 1 is 1.36 bits per heavy atom. The molecule has 0 amide bonds. The molecule has 0 aliphatic carbocycles. The number of nitrogens with zero attached hydrogens (tertiary/aromatic N) is 2. The van der Waals surface area contributed by atoms with Gasteiger partial charge in [0.1, 0.15) is 0 Å². The molecule has 2 rings (SSSR count). The van der Waals surface area contributed by atoms with E-state index >= 15 is 0 Å². The molecule has 2 aliphatic heterocycles. The maximum Gasteiger partial charge on any atom is 0.194 e. The maximum absolute atomic E-state index is 5.65. The molecule has 0 aromatic heterocycles. The zero-order valence-corrected chi connectivity index (χ0v) is 10.4. The summed E-state index contributed by atoms with van der Waals surface area (Å²) in [6.07, 6.45) is 0.627. The lowest BCUT2D eigenvalue weighted by atomic mass is 10.2. The van der Waals surface area contributed by atoms with Crippen LogP contribution in [0.3, 0.4) is 0 Å². The van der Waals surface area contributed by atoms with E-state index < -0.39 is 0 Å². The van der Waals surface area contributed by atoms with Crippen molar-refractivity contribution in [3.05, 3.63) is 0 Å². The van der Waals surface area contributed by atoms with Crippen LogP contribution in [0.4, 0.5) is 0 Å². The molecule has 0 spiro atoms. The van der Waals surface area contributed by atoms with E-state index in [9.17, 15) is 0 Å². The molecule has 0 bridgehead atoms. The summed E-state index contributed by atoms with van der Waals surface area (Å²) in [6, 6.07) is 0. The first-order valence-corrected chi connectivity index (χ1v) is 4.94. The highest BCUT2D eigenvalue weighted by Gasteiger charge is 2.25. The molecule has 2 aliphatic rings. The van der Waals surface area contributed by atoms with Crippen LogP contribution in [0.5, 0.6) is 0 Å². The highest BCUT2D eigenvalue weighted by atomic mass is 79.9. The standard InChI is InChI=1S/C9H17N3O.BrH/c1-7-5-12(6-8(2)13-7)9-10-3-4-11-9;/h7-8H,3-6H2,1-2H3,(H,10,11);1H. The van der Waals surface area contributed by atoms with Crippen LogP contribution >= 0.6 is 17.0 Å². The molecule has 1 fully saturated rings. The van der Waals surface area contributed by atoms with Crippen molar-refractivity contribution in [1.29, 1.82) is 0 Å². The van der Waals surface area contributed by atoms with Crippen LogP contribution in [0.25, 0.3) is 0 Å². The Morgan fingerprint density at radius 3 is 2.50 bits per heavy atom. The summed E-state index contributed by atoms with van der Waals surface area (Å²) in [5.74, 6) is 1.06. The van der Waals surface area contributed by atoms with E-state index in [2.05, 4.69) is 29.1 Å². The molecule has 0 radical (unpaired) electrons. The van der Waals surface area contributed by atoms with Crippen molar-refractivity contribution in [3.63, 3.8) is 0 Å². The van der Waals surface area contributed by atoms with Crippen molar-refractivity contribution < 1.29 is 4.74 Å². The molecule has 2 atom stereocenters. The Labute approximate surface area is 95.5 Å². The van der Waals surface area contributed by atoms with Gasteiger partial charge in [0, 0.05) is 19.6 Å². The summed E-state index contributed by atoms with van der Waals surface area (Å²) in [5, 5.41) is 3.29. The topological polar surface area (TPSA) is 36.9 Å². The lowest BCUT2D eigenvalue weighted by Crippen LogP contribution is -2.51. The monoisotopic (exact) mass is 263 g/mol. The fourth-order valence-electron chi connectivity index (χ4n) is 1.95.